The Morgan fingerprint density at radius 1 is 1.00 bits per heavy atom. The van der Waals surface area contributed by atoms with Gasteiger partial charge in [0, 0.05) is 10.6 Å². The highest BCUT2D eigenvalue weighted by Crippen LogP contribution is 2.18. The van der Waals surface area contributed by atoms with Crippen molar-refractivity contribution >= 4 is 35.9 Å². The number of hydrogen-bond donors (Lipinski definition) is 4. The van der Waals surface area contributed by atoms with E-state index in [1.54, 1.807) is 48.5 Å². The fourth-order valence-electron chi connectivity index (χ4n) is 1.61. The third kappa shape index (κ3) is 3.30. The van der Waals surface area contributed by atoms with Crippen LogP contribution in [0.1, 0.15) is 10.4 Å². The zero-order chi connectivity index (χ0) is 14.5. The molecular formula is C14H13N3O2S. The van der Waals surface area contributed by atoms with Gasteiger partial charge >= 0.3 is 6.03 Å². The maximum atomic E-state index is 11.9. The highest BCUT2D eigenvalue weighted by atomic mass is 32.1. The predicted octanol–water partition coefficient (Wildman–Crippen LogP) is 2.52. The van der Waals surface area contributed by atoms with Gasteiger partial charge in [-0.3, -0.25) is 10.1 Å². The van der Waals surface area contributed by atoms with Crippen LogP contribution in [0.4, 0.5) is 16.2 Å². The predicted molar refractivity (Wildman–Crippen MR) is 81.0 cm³/mol. The lowest BCUT2D eigenvalue weighted by Gasteiger charge is -2.09. The molecule has 0 saturated heterocycles. The number of para-hydroxylation sites is 2. The summed E-state index contributed by atoms with van der Waals surface area (Å²) in [6.07, 6.45) is 0. The second kappa shape index (κ2) is 6.12. The number of benzene rings is 2. The Kier molecular flexibility index (Phi) is 4.27. The zero-order valence-electron chi connectivity index (χ0n) is 10.5. The van der Waals surface area contributed by atoms with Crippen LogP contribution in [-0.4, -0.2) is 11.9 Å². The number of nitrogens with two attached hydrogens (primary N) is 1. The average Bonchev–Trinajstić information content (AvgIpc) is 2.41. The molecule has 2 aromatic carbocycles. The van der Waals surface area contributed by atoms with Crippen LogP contribution < -0.4 is 16.4 Å². The molecule has 0 fully saturated rings. The smallest absolute Gasteiger partial charge is 0.326 e. The van der Waals surface area contributed by atoms with Crippen LogP contribution in [0.15, 0.2) is 53.4 Å². The Bertz CT molecular complexity index is 658. The van der Waals surface area contributed by atoms with E-state index in [1.165, 1.54) is 0 Å². The lowest BCUT2D eigenvalue weighted by molar-refractivity contribution is 0.0968. The number of nitrogens with one attached hydrogen (secondary N) is 2. The number of thiol groups is 1. The van der Waals surface area contributed by atoms with Gasteiger partial charge in [0.05, 0.1) is 11.3 Å². The first kappa shape index (κ1) is 14.0. The average molecular weight is 287 g/mol. The standard InChI is InChI=1S/C14H13N3O2S/c15-10-6-2-1-5-9(10)13(18)17-14(19)16-11-7-3-4-8-12(11)20/h1-8,20H,15H2,(H2,16,17,18,19). The van der Waals surface area contributed by atoms with E-state index in [0.29, 0.717) is 16.3 Å². The highest BCUT2D eigenvalue weighted by molar-refractivity contribution is 7.80. The van der Waals surface area contributed by atoms with Gasteiger partial charge in [-0.15, -0.1) is 12.6 Å². The van der Waals surface area contributed by atoms with Crippen molar-refractivity contribution in [1.82, 2.24) is 5.32 Å². The van der Waals surface area contributed by atoms with Gasteiger partial charge in [0.1, 0.15) is 0 Å². The normalized spacial score (nSPS) is 9.85. The maximum Gasteiger partial charge on any atom is 0.326 e. The molecule has 20 heavy (non-hydrogen) atoms. The van der Waals surface area contributed by atoms with E-state index in [9.17, 15) is 9.59 Å². The fourth-order valence-corrected chi connectivity index (χ4v) is 1.82. The van der Waals surface area contributed by atoms with Crippen LogP contribution in [0.3, 0.4) is 0 Å². The monoisotopic (exact) mass is 287 g/mol. The van der Waals surface area contributed by atoms with Gasteiger partial charge in [-0.25, -0.2) is 4.79 Å². The third-order valence-corrected chi connectivity index (χ3v) is 2.97. The lowest BCUT2D eigenvalue weighted by atomic mass is 10.2. The Morgan fingerprint density at radius 2 is 1.65 bits per heavy atom. The third-order valence-electron chi connectivity index (χ3n) is 2.58. The van der Waals surface area contributed by atoms with E-state index in [1.807, 2.05) is 0 Å². The van der Waals surface area contributed by atoms with Crippen LogP contribution in [0, 0.1) is 0 Å². The summed E-state index contributed by atoms with van der Waals surface area (Å²) < 4.78 is 0. The molecule has 0 bridgehead atoms. The van der Waals surface area contributed by atoms with Gasteiger partial charge < -0.3 is 11.1 Å². The molecule has 3 amide bonds. The van der Waals surface area contributed by atoms with Crippen molar-refractivity contribution in [2.24, 2.45) is 0 Å². The second-order valence-corrected chi connectivity index (χ2v) is 4.49. The molecule has 0 aliphatic rings. The Labute approximate surface area is 121 Å². The number of hydrogen-bond acceptors (Lipinski definition) is 4. The van der Waals surface area contributed by atoms with Gasteiger partial charge in [-0.05, 0) is 24.3 Å². The number of anilines is 2. The SMILES string of the molecule is Nc1ccccc1C(=O)NC(=O)Nc1ccccc1S. The summed E-state index contributed by atoms with van der Waals surface area (Å²) in [5.74, 6) is -0.558. The molecular weight excluding hydrogens is 274 g/mol. The van der Waals surface area contributed by atoms with Crippen LogP contribution in [-0.2, 0) is 0 Å². The fraction of sp³-hybridized carbons (Fsp3) is 0. The summed E-state index contributed by atoms with van der Waals surface area (Å²) in [5, 5.41) is 4.75. The first-order valence-corrected chi connectivity index (χ1v) is 6.27. The van der Waals surface area contributed by atoms with Crippen molar-refractivity contribution in [2.45, 2.75) is 4.90 Å². The molecule has 0 radical (unpaired) electrons. The number of rotatable bonds is 2. The molecule has 0 aliphatic heterocycles. The maximum absolute atomic E-state index is 11.9. The molecule has 102 valence electrons. The first-order chi connectivity index (χ1) is 9.58. The molecule has 0 atom stereocenters. The van der Waals surface area contributed by atoms with E-state index in [-0.39, 0.29) is 5.56 Å². The van der Waals surface area contributed by atoms with Gasteiger partial charge in [0.2, 0.25) is 0 Å². The minimum atomic E-state index is -0.639. The number of carbonyl (C=O) groups excluding carboxylic acids is 2. The molecule has 2 rings (SSSR count). The van der Waals surface area contributed by atoms with E-state index in [0.717, 1.165) is 0 Å². The Balaban J connectivity index is 2.04. The molecule has 2 aromatic rings. The van der Waals surface area contributed by atoms with Gasteiger partial charge in [-0.1, -0.05) is 24.3 Å². The van der Waals surface area contributed by atoms with Crippen molar-refractivity contribution in [3.63, 3.8) is 0 Å². The molecule has 0 saturated carbocycles. The van der Waals surface area contributed by atoms with Crippen LogP contribution in [0.25, 0.3) is 0 Å². The summed E-state index contributed by atoms with van der Waals surface area (Å²) in [6.45, 7) is 0. The minimum Gasteiger partial charge on any atom is -0.398 e. The van der Waals surface area contributed by atoms with Crippen molar-refractivity contribution in [3.8, 4) is 0 Å². The number of carbonyl (C=O) groups is 2. The van der Waals surface area contributed by atoms with Crippen LogP contribution >= 0.6 is 12.6 Å². The minimum absolute atomic E-state index is 0.252. The number of amides is 3. The van der Waals surface area contributed by atoms with E-state index < -0.39 is 11.9 Å². The number of imide groups is 1. The summed E-state index contributed by atoms with van der Waals surface area (Å²) in [7, 11) is 0. The Hall–Kier alpha value is -2.47. The number of urea groups is 1. The molecule has 5 nitrogen and oxygen atoms in total. The van der Waals surface area contributed by atoms with E-state index >= 15 is 0 Å². The van der Waals surface area contributed by atoms with Gasteiger partial charge in [0.25, 0.3) is 5.91 Å². The molecule has 0 aromatic heterocycles. The van der Waals surface area contributed by atoms with Gasteiger partial charge in [0.15, 0.2) is 0 Å². The van der Waals surface area contributed by atoms with E-state index in [2.05, 4.69) is 23.3 Å². The lowest BCUT2D eigenvalue weighted by Crippen LogP contribution is -2.34. The molecule has 0 unspecified atom stereocenters. The van der Waals surface area contributed by atoms with E-state index in [4.69, 9.17) is 5.73 Å². The summed E-state index contributed by atoms with van der Waals surface area (Å²) in [4.78, 5) is 24.2. The quantitative estimate of drug-likeness (QED) is 0.506. The highest BCUT2D eigenvalue weighted by Gasteiger charge is 2.13. The largest absolute Gasteiger partial charge is 0.398 e. The summed E-state index contributed by atoms with van der Waals surface area (Å²) in [6, 6.07) is 12.8. The molecule has 6 heteroatoms. The van der Waals surface area contributed by atoms with Crippen molar-refractivity contribution in [2.75, 3.05) is 11.1 Å². The summed E-state index contributed by atoms with van der Waals surface area (Å²) >= 11 is 4.20. The topological polar surface area (TPSA) is 84.2 Å². The zero-order valence-corrected chi connectivity index (χ0v) is 11.4. The van der Waals surface area contributed by atoms with Crippen molar-refractivity contribution < 1.29 is 9.59 Å². The van der Waals surface area contributed by atoms with Crippen LogP contribution in [0.5, 0.6) is 0 Å². The first-order valence-electron chi connectivity index (χ1n) is 5.83. The van der Waals surface area contributed by atoms with Crippen molar-refractivity contribution in [1.29, 1.82) is 0 Å². The number of nitrogen functional groups attached to an aromatic ring is 1. The van der Waals surface area contributed by atoms with Crippen molar-refractivity contribution in [3.05, 3.63) is 54.1 Å². The summed E-state index contributed by atoms with van der Waals surface area (Å²) in [5.41, 5.74) is 6.75. The molecule has 0 spiro atoms. The molecule has 4 N–H and O–H groups in total. The Morgan fingerprint density at radius 3 is 2.35 bits per heavy atom. The van der Waals surface area contributed by atoms with Gasteiger partial charge in [-0.2, -0.15) is 0 Å². The van der Waals surface area contributed by atoms with Crippen LogP contribution in [0.2, 0.25) is 0 Å². The molecule has 0 heterocycles. The molecule has 0 aliphatic carbocycles. The second-order valence-electron chi connectivity index (χ2n) is 4.01.